The standard InChI is InChI=1S/C16H29NO4.C2H6.H2/c1-4-16(6-5-15(2)3)21-14-13-20-12-11-19-10-9-18-8-7-17;1-2;/h4-6H,1,7-14,17H2,2-3H3;1-2H3;1H/b16-6+;;. The van der Waals surface area contributed by atoms with Crippen LogP contribution in [0.2, 0.25) is 0 Å². The minimum atomic E-state index is 0. The van der Waals surface area contributed by atoms with Crippen molar-refractivity contribution in [3.63, 3.8) is 0 Å². The minimum Gasteiger partial charge on any atom is -0.491 e. The van der Waals surface area contributed by atoms with Gasteiger partial charge in [-0.25, -0.2) is 0 Å². The van der Waals surface area contributed by atoms with Gasteiger partial charge in [0.2, 0.25) is 0 Å². The maximum Gasteiger partial charge on any atom is 0.118 e. The van der Waals surface area contributed by atoms with Gasteiger partial charge in [-0.2, -0.15) is 0 Å². The van der Waals surface area contributed by atoms with E-state index in [1.54, 1.807) is 6.08 Å². The molecule has 0 spiro atoms. The van der Waals surface area contributed by atoms with Crippen molar-refractivity contribution < 1.29 is 20.4 Å². The van der Waals surface area contributed by atoms with E-state index in [0.717, 1.165) is 5.76 Å². The monoisotopic (exact) mass is 331 g/mol. The lowest BCUT2D eigenvalue weighted by molar-refractivity contribution is 0.00649. The molecule has 138 valence electrons. The lowest BCUT2D eigenvalue weighted by atomic mass is 10.3. The van der Waals surface area contributed by atoms with Crippen molar-refractivity contribution in [2.75, 3.05) is 52.8 Å². The zero-order valence-electron chi connectivity index (χ0n) is 15.3. The van der Waals surface area contributed by atoms with Crippen LogP contribution in [0, 0.1) is 0 Å². The van der Waals surface area contributed by atoms with Crippen LogP contribution in [0.25, 0.3) is 0 Å². The van der Waals surface area contributed by atoms with Gasteiger partial charge in [-0.05, 0) is 26.0 Å². The van der Waals surface area contributed by atoms with E-state index in [4.69, 9.17) is 24.7 Å². The van der Waals surface area contributed by atoms with Gasteiger partial charge >= 0.3 is 0 Å². The Bertz CT molecular complexity index is 316. The Kier molecular flexibility index (Phi) is 21.9. The second kappa shape index (κ2) is 20.9. The van der Waals surface area contributed by atoms with Crippen molar-refractivity contribution in [1.82, 2.24) is 0 Å². The molecule has 0 radical (unpaired) electrons. The SMILES string of the molecule is C=C/C(=C\C=C(C)C)OCCOCCOCCOCCN.CC.[HH]. The Morgan fingerprint density at radius 1 is 0.870 bits per heavy atom. The Morgan fingerprint density at radius 3 is 1.78 bits per heavy atom. The molecule has 23 heavy (non-hydrogen) atoms. The third-order valence-electron chi connectivity index (χ3n) is 2.28. The van der Waals surface area contributed by atoms with E-state index < -0.39 is 0 Å². The summed E-state index contributed by atoms with van der Waals surface area (Å²) >= 11 is 0. The molecular weight excluding hydrogens is 294 g/mol. The van der Waals surface area contributed by atoms with Crippen LogP contribution in [0.3, 0.4) is 0 Å². The van der Waals surface area contributed by atoms with E-state index in [9.17, 15) is 0 Å². The first-order valence-electron chi connectivity index (χ1n) is 8.24. The molecule has 5 nitrogen and oxygen atoms in total. The predicted molar refractivity (Wildman–Crippen MR) is 98.6 cm³/mol. The molecule has 0 aromatic heterocycles. The molecule has 0 unspecified atom stereocenters. The van der Waals surface area contributed by atoms with Crippen LogP contribution in [0.4, 0.5) is 0 Å². The molecule has 0 aliphatic heterocycles. The van der Waals surface area contributed by atoms with Gasteiger partial charge in [0.05, 0.1) is 39.6 Å². The smallest absolute Gasteiger partial charge is 0.118 e. The van der Waals surface area contributed by atoms with Crippen LogP contribution < -0.4 is 5.73 Å². The van der Waals surface area contributed by atoms with Crippen LogP contribution in [0.1, 0.15) is 29.1 Å². The molecule has 0 heterocycles. The van der Waals surface area contributed by atoms with Gasteiger partial charge in [-0.15, -0.1) is 0 Å². The molecule has 0 aliphatic carbocycles. The highest BCUT2D eigenvalue weighted by atomic mass is 16.6. The van der Waals surface area contributed by atoms with E-state index in [-0.39, 0.29) is 1.43 Å². The molecule has 0 saturated heterocycles. The summed E-state index contributed by atoms with van der Waals surface area (Å²) in [4.78, 5) is 0. The molecule has 0 rings (SSSR count). The van der Waals surface area contributed by atoms with E-state index >= 15 is 0 Å². The average Bonchev–Trinajstić information content (AvgIpc) is 2.57. The molecule has 0 aromatic rings. The largest absolute Gasteiger partial charge is 0.491 e. The molecule has 0 aliphatic rings. The molecule has 0 saturated carbocycles. The summed E-state index contributed by atoms with van der Waals surface area (Å²) in [5.41, 5.74) is 6.50. The molecule has 2 N–H and O–H groups in total. The van der Waals surface area contributed by atoms with Crippen LogP contribution in [-0.4, -0.2) is 52.8 Å². The van der Waals surface area contributed by atoms with E-state index in [1.165, 1.54) is 5.57 Å². The van der Waals surface area contributed by atoms with E-state index in [2.05, 4.69) is 6.58 Å². The van der Waals surface area contributed by atoms with Gasteiger partial charge in [-0.3, -0.25) is 0 Å². The Morgan fingerprint density at radius 2 is 1.35 bits per heavy atom. The van der Waals surface area contributed by atoms with Crippen LogP contribution in [0.15, 0.2) is 36.1 Å². The summed E-state index contributed by atoms with van der Waals surface area (Å²) < 4.78 is 21.4. The predicted octanol–water partition coefficient (Wildman–Crippen LogP) is 3.32. The maximum absolute atomic E-state index is 5.51. The first kappa shape index (κ1) is 24.1. The summed E-state index contributed by atoms with van der Waals surface area (Å²) in [6.07, 6.45) is 5.56. The highest BCUT2D eigenvalue weighted by molar-refractivity contribution is 5.18. The number of allylic oxidation sites excluding steroid dienone is 4. The summed E-state index contributed by atoms with van der Waals surface area (Å²) in [5, 5.41) is 0. The second-order valence-corrected chi connectivity index (χ2v) is 4.49. The third kappa shape index (κ3) is 20.9. The topological polar surface area (TPSA) is 62.9 Å². The van der Waals surface area contributed by atoms with Gasteiger partial charge in [0.25, 0.3) is 0 Å². The van der Waals surface area contributed by atoms with Crippen molar-refractivity contribution in [3.05, 3.63) is 36.1 Å². The van der Waals surface area contributed by atoms with Gasteiger partial charge < -0.3 is 24.7 Å². The van der Waals surface area contributed by atoms with Gasteiger partial charge in [0.15, 0.2) is 0 Å². The maximum atomic E-state index is 5.51. The third-order valence-corrected chi connectivity index (χ3v) is 2.28. The van der Waals surface area contributed by atoms with Gasteiger partial charge in [0.1, 0.15) is 12.4 Å². The lowest BCUT2D eigenvalue weighted by Crippen LogP contribution is -2.14. The number of nitrogens with two attached hydrogens (primary N) is 1. The summed E-state index contributed by atoms with van der Waals surface area (Å²) in [6.45, 7) is 16.1. The Balaban J connectivity index is -0.00000141. The number of hydrogen-bond acceptors (Lipinski definition) is 5. The first-order valence-corrected chi connectivity index (χ1v) is 8.24. The highest BCUT2D eigenvalue weighted by Gasteiger charge is 1.94. The fourth-order valence-electron chi connectivity index (χ4n) is 1.27. The normalized spacial score (nSPS) is 10.6. The van der Waals surface area contributed by atoms with Crippen molar-refractivity contribution in [1.29, 1.82) is 0 Å². The molecule has 0 fully saturated rings. The quantitative estimate of drug-likeness (QED) is 0.300. The fraction of sp³-hybridized carbons (Fsp3) is 0.667. The van der Waals surface area contributed by atoms with E-state index in [1.807, 2.05) is 39.8 Å². The Hall–Kier alpha value is -1.14. The highest BCUT2D eigenvalue weighted by Crippen LogP contribution is 2.01. The summed E-state index contributed by atoms with van der Waals surface area (Å²) in [5.74, 6) is 0.744. The first-order chi connectivity index (χ1) is 11.2. The minimum absolute atomic E-state index is 0. The lowest BCUT2D eigenvalue weighted by Gasteiger charge is -2.08. The van der Waals surface area contributed by atoms with Crippen LogP contribution >= 0.6 is 0 Å². The molecule has 0 bridgehead atoms. The number of hydrogen-bond donors (Lipinski definition) is 1. The molecule has 0 amide bonds. The summed E-state index contributed by atoms with van der Waals surface area (Å²) in [6, 6.07) is 0. The number of rotatable bonds is 14. The molecule has 5 heteroatoms. The van der Waals surface area contributed by atoms with E-state index in [0.29, 0.717) is 52.8 Å². The molecule has 0 atom stereocenters. The van der Waals surface area contributed by atoms with Crippen LogP contribution in [0.5, 0.6) is 0 Å². The van der Waals surface area contributed by atoms with Gasteiger partial charge in [0, 0.05) is 7.97 Å². The van der Waals surface area contributed by atoms with Crippen molar-refractivity contribution >= 4 is 0 Å². The van der Waals surface area contributed by atoms with Gasteiger partial charge in [-0.1, -0.05) is 32.1 Å². The Labute approximate surface area is 143 Å². The zero-order valence-corrected chi connectivity index (χ0v) is 15.3. The average molecular weight is 331 g/mol. The van der Waals surface area contributed by atoms with Crippen LogP contribution in [-0.2, 0) is 18.9 Å². The molecular formula is C18H37NO4. The second-order valence-electron chi connectivity index (χ2n) is 4.49. The molecule has 0 aromatic carbocycles. The van der Waals surface area contributed by atoms with Crippen molar-refractivity contribution in [2.24, 2.45) is 5.73 Å². The zero-order chi connectivity index (χ0) is 17.8. The summed E-state index contributed by atoms with van der Waals surface area (Å²) in [7, 11) is 0. The van der Waals surface area contributed by atoms with Crippen molar-refractivity contribution in [2.45, 2.75) is 27.7 Å². The van der Waals surface area contributed by atoms with Crippen molar-refractivity contribution in [3.8, 4) is 0 Å². The number of ether oxygens (including phenoxy) is 4. The fourth-order valence-corrected chi connectivity index (χ4v) is 1.27.